The molecule has 4 rings (SSSR count). The first kappa shape index (κ1) is 23.1. The van der Waals surface area contributed by atoms with Crippen molar-refractivity contribution in [2.75, 3.05) is 13.4 Å². The van der Waals surface area contributed by atoms with Crippen LogP contribution in [-0.2, 0) is 16.0 Å². The normalized spacial score (nSPS) is 12.2. The molecule has 10 heteroatoms. The molecule has 2 heterocycles. The fourth-order valence-corrected chi connectivity index (χ4v) is 5.00. The molecule has 4 aromatic rings. The first-order chi connectivity index (χ1) is 15.5. The maximum atomic E-state index is 13.5. The molecule has 0 saturated carbocycles. The van der Waals surface area contributed by atoms with Gasteiger partial charge in [0.25, 0.3) is 0 Å². The van der Waals surface area contributed by atoms with E-state index in [4.69, 9.17) is 4.74 Å². The zero-order chi connectivity index (χ0) is 24.0. The summed E-state index contributed by atoms with van der Waals surface area (Å²) in [5, 5.41) is 3.86. The molecule has 0 atom stereocenters. The van der Waals surface area contributed by atoms with E-state index in [1.54, 1.807) is 55.5 Å². The summed E-state index contributed by atoms with van der Waals surface area (Å²) in [6.45, 7) is 1.78. The smallest absolute Gasteiger partial charge is 0.435 e. The van der Waals surface area contributed by atoms with Gasteiger partial charge in [-0.25, -0.2) is 13.1 Å². The number of hydrogen-bond donors (Lipinski definition) is 0. The molecular weight excluding hydrogens is 473 g/mol. The van der Waals surface area contributed by atoms with Gasteiger partial charge in [0.2, 0.25) is 0 Å². The highest BCUT2D eigenvalue weighted by molar-refractivity contribution is 7.90. The summed E-state index contributed by atoms with van der Waals surface area (Å²) in [5.41, 5.74) is 1.12. The lowest BCUT2D eigenvalue weighted by Gasteiger charge is -2.11. The number of aromatic nitrogens is 2. The Labute approximate surface area is 193 Å². The minimum Gasteiger partial charge on any atom is -0.497 e. The molecule has 2 aromatic carbocycles. The van der Waals surface area contributed by atoms with Gasteiger partial charge in [0.15, 0.2) is 15.5 Å². The molecular formula is C23H19F3N2O3S2. The number of aryl methyl sites for hydroxylation is 1. The third kappa shape index (κ3) is 4.67. The Hall–Kier alpha value is -3.11. The predicted octanol–water partition coefficient (Wildman–Crippen LogP) is 6.01. The minimum atomic E-state index is -4.61. The van der Waals surface area contributed by atoms with Crippen LogP contribution in [0.2, 0.25) is 0 Å². The number of nitrogens with zero attached hydrogens (tertiary/aromatic N) is 2. The highest BCUT2D eigenvalue weighted by Gasteiger charge is 2.35. The Bertz CT molecular complexity index is 1440. The number of alkyl halides is 3. The number of methoxy groups -OCH3 is 1. The van der Waals surface area contributed by atoms with E-state index in [1.807, 2.05) is 0 Å². The number of sulfone groups is 1. The second kappa shape index (κ2) is 8.35. The van der Waals surface area contributed by atoms with Crippen molar-refractivity contribution in [1.29, 1.82) is 0 Å². The number of rotatable bonds is 5. The number of thiophene rings is 1. The van der Waals surface area contributed by atoms with Crippen LogP contribution in [0.15, 0.2) is 65.6 Å². The molecule has 0 aliphatic heterocycles. The Morgan fingerprint density at radius 1 is 1.00 bits per heavy atom. The van der Waals surface area contributed by atoms with Crippen molar-refractivity contribution in [2.24, 2.45) is 0 Å². The molecule has 0 unspecified atom stereocenters. The molecule has 5 nitrogen and oxygen atoms in total. The second-order valence-corrected chi connectivity index (χ2v) is 10.5. The zero-order valence-corrected chi connectivity index (χ0v) is 19.5. The van der Waals surface area contributed by atoms with Gasteiger partial charge in [-0.05, 0) is 54.4 Å². The molecule has 0 aliphatic rings. The quantitative estimate of drug-likeness (QED) is 0.343. The lowest BCUT2D eigenvalue weighted by molar-refractivity contribution is -0.141. The summed E-state index contributed by atoms with van der Waals surface area (Å²) in [4.78, 5) is 1.45. The third-order valence-electron chi connectivity index (χ3n) is 5.05. The molecule has 0 N–H and O–H groups in total. The lowest BCUT2D eigenvalue weighted by atomic mass is 10.2. The van der Waals surface area contributed by atoms with Crippen LogP contribution in [0.25, 0.3) is 26.7 Å². The van der Waals surface area contributed by atoms with Crippen LogP contribution in [0.5, 0.6) is 5.75 Å². The topological polar surface area (TPSA) is 61.2 Å². The second-order valence-electron chi connectivity index (χ2n) is 7.44. The van der Waals surface area contributed by atoms with Crippen LogP contribution in [0.3, 0.4) is 0 Å². The van der Waals surface area contributed by atoms with E-state index in [0.717, 1.165) is 22.8 Å². The Morgan fingerprint density at radius 3 is 2.39 bits per heavy atom. The lowest BCUT2D eigenvalue weighted by Crippen LogP contribution is -2.08. The van der Waals surface area contributed by atoms with Gasteiger partial charge in [0, 0.05) is 17.2 Å². The molecule has 0 spiro atoms. The SMILES string of the molecule is COc1ccc(C)c(-n2nc(C(F)(F)F)cc2-c2ccc(-c3cccc(S(C)(=O)=O)c3)s2)c1. The van der Waals surface area contributed by atoms with Gasteiger partial charge in [-0.3, -0.25) is 0 Å². The van der Waals surface area contributed by atoms with E-state index in [2.05, 4.69) is 5.10 Å². The van der Waals surface area contributed by atoms with Crippen LogP contribution in [0.1, 0.15) is 11.3 Å². The van der Waals surface area contributed by atoms with Crippen molar-refractivity contribution in [2.45, 2.75) is 18.0 Å². The van der Waals surface area contributed by atoms with E-state index in [0.29, 0.717) is 21.9 Å². The first-order valence-electron chi connectivity index (χ1n) is 9.70. The summed E-state index contributed by atoms with van der Waals surface area (Å²) in [6.07, 6.45) is -3.49. The largest absolute Gasteiger partial charge is 0.497 e. The first-order valence-corrected chi connectivity index (χ1v) is 12.4. The summed E-state index contributed by atoms with van der Waals surface area (Å²) in [6, 6.07) is 16.0. The number of benzene rings is 2. The molecule has 0 fully saturated rings. The fourth-order valence-electron chi connectivity index (χ4n) is 3.33. The van der Waals surface area contributed by atoms with Crippen LogP contribution in [-0.4, -0.2) is 31.6 Å². The average Bonchev–Trinajstić information content (AvgIpc) is 3.41. The molecule has 33 heavy (non-hydrogen) atoms. The number of halogens is 3. The van der Waals surface area contributed by atoms with Crippen LogP contribution >= 0.6 is 11.3 Å². The van der Waals surface area contributed by atoms with Gasteiger partial charge in [-0.15, -0.1) is 11.3 Å². The highest BCUT2D eigenvalue weighted by atomic mass is 32.2. The Kier molecular flexibility index (Phi) is 5.83. The highest BCUT2D eigenvalue weighted by Crippen LogP contribution is 2.39. The van der Waals surface area contributed by atoms with E-state index in [1.165, 1.54) is 29.2 Å². The predicted molar refractivity (Wildman–Crippen MR) is 122 cm³/mol. The molecule has 0 aliphatic carbocycles. The monoisotopic (exact) mass is 492 g/mol. The molecule has 0 radical (unpaired) electrons. The standard InChI is InChI=1S/C23H19F3N2O3S2/c1-14-7-8-16(31-2)12-18(14)28-19(13-22(27-28)23(24,25)26)21-10-9-20(32-21)15-5-4-6-17(11-15)33(3,29)30/h4-13H,1-3H3. The van der Waals surface area contributed by atoms with E-state index >= 15 is 0 Å². The summed E-state index contributed by atoms with van der Waals surface area (Å²) in [5.74, 6) is 0.495. The van der Waals surface area contributed by atoms with Gasteiger partial charge >= 0.3 is 6.18 Å². The van der Waals surface area contributed by atoms with Crippen molar-refractivity contribution in [1.82, 2.24) is 9.78 Å². The maximum absolute atomic E-state index is 13.5. The van der Waals surface area contributed by atoms with Crippen molar-refractivity contribution >= 4 is 21.2 Å². The van der Waals surface area contributed by atoms with Crippen LogP contribution in [0, 0.1) is 6.92 Å². The van der Waals surface area contributed by atoms with Gasteiger partial charge in [-0.1, -0.05) is 18.2 Å². The minimum absolute atomic E-state index is 0.173. The van der Waals surface area contributed by atoms with Gasteiger partial charge in [0.1, 0.15) is 5.75 Å². The summed E-state index contributed by atoms with van der Waals surface area (Å²) in [7, 11) is -1.91. The van der Waals surface area contributed by atoms with E-state index in [-0.39, 0.29) is 10.6 Å². The summed E-state index contributed by atoms with van der Waals surface area (Å²) >= 11 is 1.25. The van der Waals surface area contributed by atoms with Crippen molar-refractivity contribution < 1.29 is 26.3 Å². The number of ether oxygens (including phenoxy) is 1. The van der Waals surface area contributed by atoms with Gasteiger partial charge in [0.05, 0.1) is 28.3 Å². The summed E-state index contributed by atoms with van der Waals surface area (Å²) < 4.78 is 70.9. The van der Waals surface area contributed by atoms with Gasteiger partial charge < -0.3 is 4.74 Å². The van der Waals surface area contributed by atoms with E-state index < -0.39 is 21.7 Å². The maximum Gasteiger partial charge on any atom is 0.435 e. The Morgan fingerprint density at radius 2 is 1.73 bits per heavy atom. The van der Waals surface area contributed by atoms with Crippen LogP contribution in [0.4, 0.5) is 13.2 Å². The molecule has 0 amide bonds. The Balaban J connectivity index is 1.86. The molecule has 172 valence electrons. The third-order valence-corrected chi connectivity index (χ3v) is 7.32. The van der Waals surface area contributed by atoms with Crippen molar-refractivity contribution in [3.8, 4) is 32.4 Å². The van der Waals surface area contributed by atoms with Crippen molar-refractivity contribution in [3.63, 3.8) is 0 Å². The fraction of sp³-hybridized carbons (Fsp3) is 0.174. The van der Waals surface area contributed by atoms with Crippen molar-refractivity contribution in [3.05, 3.63) is 71.9 Å². The molecule has 0 bridgehead atoms. The van der Waals surface area contributed by atoms with Crippen LogP contribution < -0.4 is 4.74 Å². The zero-order valence-electron chi connectivity index (χ0n) is 17.8. The molecule has 2 aromatic heterocycles. The number of hydrogen-bond acceptors (Lipinski definition) is 5. The molecule has 0 saturated heterocycles. The average molecular weight is 493 g/mol. The van der Waals surface area contributed by atoms with E-state index in [9.17, 15) is 21.6 Å². The van der Waals surface area contributed by atoms with Gasteiger partial charge in [-0.2, -0.15) is 18.3 Å².